The average Bonchev–Trinajstić information content (AvgIpc) is 2.50. The van der Waals surface area contributed by atoms with Gasteiger partial charge in [-0.3, -0.25) is 4.18 Å². The summed E-state index contributed by atoms with van der Waals surface area (Å²) in [6.45, 7) is 6.53. The van der Waals surface area contributed by atoms with E-state index >= 15 is 0 Å². The van der Waals surface area contributed by atoms with Crippen LogP contribution in [0.3, 0.4) is 0 Å². The zero-order valence-corrected chi connectivity index (χ0v) is 15.0. The van der Waals surface area contributed by atoms with Crippen molar-refractivity contribution in [3.63, 3.8) is 0 Å². The predicted molar refractivity (Wildman–Crippen MR) is 91.5 cm³/mol. The van der Waals surface area contributed by atoms with Gasteiger partial charge in [-0.05, 0) is 31.4 Å². The van der Waals surface area contributed by atoms with Crippen LogP contribution in [0, 0.1) is 12.8 Å². The first-order valence-corrected chi connectivity index (χ1v) is 9.86. The number of unbranched alkanes of at least 4 members (excludes halogenated alkanes) is 4. The second-order valence-electron chi connectivity index (χ2n) is 6.03. The Labute approximate surface area is 136 Å². The highest BCUT2D eigenvalue weighted by atomic mass is 32.2. The molecule has 0 aromatic heterocycles. The fourth-order valence-electron chi connectivity index (χ4n) is 2.40. The van der Waals surface area contributed by atoms with Gasteiger partial charge >= 0.3 is 0 Å². The molecular formula is C18H30O3S. The second-order valence-corrected chi connectivity index (χ2v) is 7.64. The summed E-state index contributed by atoms with van der Waals surface area (Å²) in [4.78, 5) is 0.246. The first-order chi connectivity index (χ1) is 10.5. The second kappa shape index (κ2) is 10.0. The van der Waals surface area contributed by atoms with Gasteiger partial charge in [0.25, 0.3) is 10.1 Å². The van der Waals surface area contributed by atoms with Gasteiger partial charge in [0.2, 0.25) is 0 Å². The number of hydrogen-bond acceptors (Lipinski definition) is 3. The van der Waals surface area contributed by atoms with Crippen LogP contribution in [0.2, 0.25) is 0 Å². The van der Waals surface area contributed by atoms with Crippen LogP contribution in [0.5, 0.6) is 0 Å². The minimum Gasteiger partial charge on any atom is -0.266 e. The van der Waals surface area contributed by atoms with Gasteiger partial charge in [0.15, 0.2) is 0 Å². The van der Waals surface area contributed by atoms with Crippen LogP contribution in [0.4, 0.5) is 0 Å². The van der Waals surface area contributed by atoms with Crippen molar-refractivity contribution in [2.75, 3.05) is 6.61 Å². The van der Waals surface area contributed by atoms with Gasteiger partial charge in [-0.2, -0.15) is 8.42 Å². The Morgan fingerprint density at radius 1 is 1.00 bits per heavy atom. The predicted octanol–water partition coefficient (Wildman–Crippen LogP) is 5.09. The molecule has 0 saturated carbocycles. The molecule has 0 aliphatic rings. The number of rotatable bonds is 11. The summed E-state index contributed by atoms with van der Waals surface area (Å²) in [5.41, 5.74) is 1.04. The lowest BCUT2D eigenvalue weighted by atomic mass is 9.99. The highest BCUT2D eigenvalue weighted by Crippen LogP contribution is 2.19. The van der Waals surface area contributed by atoms with E-state index in [0.29, 0.717) is 12.5 Å². The molecule has 0 amide bonds. The lowest BCUT2D eigenvalue weighted by Crippen LogP contribution is -2.14. The summed E-state index contributed by atoms with van der Waals surface area (Å²) in [7, 11) is -3.62. The molecule has 126 valence electrons. The molecule has 0 aliphatic carbocycles. The van der Waals surface area contributed by atoms with E-state index in [2.05, 4.69) is 13.8 Å². The smallest absolute Gasteiger partial charge is 0.266 e. The molecule has 1 unspecified atom stereocenters. The SMILES string of the molecule is CCCCCCCC(CC)COS(=O)(=O)c1ccc(C)cc1. The molecule has 4 heteroatoms. The molecule has 0 heterocycles. The van der Waals surface area contributed by atoms with E-state index in [4.69, 9.17) is 4.18 Å². The zero-order valence-electron chi connectivity index (χ0n) is 14.2. The topological polar surface area (TPSA) is 43.4 Å². The highest BCUT2D eigenvalue weighted by Gasteiger charge is 2.17. The third kappa shape index (κ3) is 6.93. The summed E-state index contributed by atoms with van der Waals surface area (Å²) >= 11 is 0. The van der Waals surface area contributed by atoms with Crippen molar-refractivity contribution in [3.05, 3.63) is 29.8 Å². The Balaban J connectivity index is 2.42. The third-order valence-electron chi connectivity index (χ3n) is 4.06. The molecule has 0 radical (unpaired) electrons. The minimum atomic E-state index is -3.62. The molecule has 0 aliphatic heterocycles. The van der Waals surface area contributed by atoms with Crippen molar-refractivity contribution in [2.45, 2.75) is 70.6 Å². The molecule has 1 aromatic carbocycles. The normalized spacial score (nSPS) is 13.2. The van der Waals surface area contributed by atoms with E-state index < -0.39 is 10.1 Å². The molecule has 1 atom stereocenters. The Morgan fingerprint density at radius 2 is 1.64 bits per heavy atom. The molecule has 0 fully saturated rings. The minimum absolute atomic E-state index is 0.246. The van der Waals surface area contributed by atoms with Gasteiger partial charge in [0.1, 0.15) is 0 Å². The van der Waals surface area contributed by atoms with Crippen molar-refractivity contribution in [1.82, 2.24) is 0 Å². The zero-order chi connectivity index (χ0) is 16.4. The maximum atomic E-state index is 12.2. The molecular weight excluding hydrogens is 296 g/mol. The van der Waals surface area contributed by atoms with E-state index in [-0.39, 0.29) is 4.90 Å². The van der Waals surface area contributed by atoms with Crippen LogP contribution in [-0.4, -0.2) is 15.0 Å². The van der Waals surface area contributed by atoms with Crippen molar-refractivity contribution in [1.29, 1.82) is 0 Å². The van der Waals surface area contributed by atoms with E-state index in [1.165, 1.54) is 25.7 Å². The largest absolute Gasteiger partial charge is 0.296 e. The Bertz CT molecular complexity index is 506. The van der Waals surface area contributed by atoms with Gasteiger partial charge in [-0.25, -0.2) is 0 Å². The summed E-state index contributed by atoms with van der Waals surface area (Å²) in [5, 5.41) is 0. The maximum Gasteiger partial charge on any atom is 0.296 e. The first kappa shape index (κ1) is 19.2. The van der Waals surface area contributed by atoms with Gasteiger partial charge in [0.05, 0.1) is 11.5 Å². The summed E-state index contributed by atoms with van der Waals surface area (Å²) < 4.78 is 29.6. The highest BCUT2D eigenvalue weighted by molar-refractivity contribution is 7.86. The molecule has 22 heavy (non-hydrogen) atoms. The van der Waals surface area contributed by atoms with Crippen molar-refractivity contribution >= 4 is 10.1 Å². The van der Waals surface area contributed by atoms with E-state index in [1.54, 1.807) is 24.3 Å². The van der Waals surface area contributed by atoms with Crippen LogP contribution in [-0.2, 0) is 14.3 Å². The van der Waals surface area contributed by atoms with Gasteiger partial charge in [-0.1, -0.05) is 70.1 Å². The summed E-state index contributed by atoms with van der Waals surface area (Å²) in [6.07, 6.45) is 8.20. The number of benzene rings is 1. The quantitative estimate of drug-likeness (QED) is 0.420. The number of aryl methyl sites for hydroxylation is 1. The lowest BCUT2D eigenvalue weighted by Gasteiger charge is -2.15. The molecule has 0 saturated heterocycles. The van der Waals surface area contributed by atoms with Gasteiger partial charge < -0.3 is 0 Å². The monoisotopic (exact) mass is 326 g/mol. The van der Waals surface area contributed by atoms with Crippen molar-refractivity contribution < 1.29 is 12.6 Å². The number of hydrogen-bond donors (Lipinski definition) is 0. The standard InChI is InChI=1S/C18H30O3S/c1-4-6-7-8-9-10-17(5-2)15-21-22(19,20)18-13-11-16(3)12-14-18/h11-14,17H,4-10,15H2,1-3H3. The van der Waals surface area contributed by atoms with Gasteiger partial charge in [0, 0.05) is 0 Å². The third-order valence-corrected chi connectivity index (χ3v) is 5.36. The molecule has 3 nitrogen and oxygen atoms in total. The first-order valence-electron chi connectivity index (χ1n) is 8.45. The molecule has 1 rings (SSSR count). The van der Waals surface area contributed by atoms with E-state index in [0.717, 1.165) is 24.8 Å². The summed E-state index contributed by atoms with van der Waals surface area (Å²) in [6, 6.07) is 6.80. The maximum absolute atomic E-state index is 12.2. The van der Waals surface area contributed by atoms with Crippen LogP contribution in [0.15, 0.2) is 29.2 Å². The Morgan fingerprint density at radius 3 is 2.23 bits per heavy atom. The van der Waals surface area contributed by atoms with E-state index in [9.17, 15) is 8.42 Å². The van der Waals surface area contributed by atoms with Crippen molar-refractivity contribution in [2.24, 2.45) is 5.92 Å². The van der Waals surface area contributed by atoms with Crippen LogP contribution < -0.4 is 0 Å². The lowest BCUT2D eigenvalue weighted by molar-refractivity contribution is 0.237. The molecule has 0 N–H and O–H groups in total. The van der Waals surface area contributed by atoms with Crippen LogP contribution >= 0.6 is 0 Å². The molecule has 0 bridgehead atoms. The fourth-order valence-corrected chi connectivity index (χ4v) is 3.38. The van der Waals surface area contributed by atoms with Crippen molar-refractivity contribution in [3.8, 4) is 0 Å². The summed E-state index contributed by atoms with van der Waals surface area (Å²) in [5.74, 6) is 0.321. The Hall–Kier alpha value is -0.870. The molecule has 0 spiro atoms. The molecule has 1 aromatic rings. The van der Waals surface area contributed by atoms with E-state index in [1.807, 2.05) is 6.92 Å². The van der Waals surface area contributed by atoms with Gasteiger partial charge in [-0.15, -0.1) is 0 Å². The fraction of sp³-hybridized carbons (Fsp3) is 0.667. The average molecular weight is 327 g/mol. The Kier molecular flexibility index (Phi) is 8.72. The van der Waals surface area contributed by atoms with Crippen LogP contribution in [0.25, 0.3) is 0 Å². The van der Waals surface area contributed by atoms with Crippen LogP contribution in [0.1, 0.15) is 64.4 Å².